The van der Waals surface area contributed by atoms with Crippen LogP contribution in [0, 0.1) is 0 Å². The number of nitrogens with two attached hydrogens (primary N) is 1. The fourth-order valence-electron chi connectivity index (χ4n) is 3.02. The zero-order chi connectivity index (χ0) is 20.1. The molecular weight excluding hydrogens is 362 g/mol. The first kappa shape index (κ1) is 18.2. The summed E-state index contributed by atoms with van der Waals surface area (Å²) in [6.45, 7) is 0. The van der Waals surface area contributed by atoms with Gasteiger partial charge in [0.25, 0.3) is 0 Å². The number of nitrogens with zero attached hydrogens (tertiary/aromatic N) is 3. The molecule has 3 N–H and O–H groups in total. The van der Waals surface area contributed by atoms with Crippen LogP contribution in [0.5, 0.6) is 0 Å². The van der Waals surface area contributed by atoms with Crippen molar-refractivity contribution in [1.82, 2.24) is 9.97 Å². The standard InChI is InChI=1S/C23H19N5O/c24-23(29)28(20-9-5-2-6-10-20)22-16-18(12-14-26-22)17-11-13-25-21(15-17)27-19-7-3-1-4-8-19/h1-16H,(H2,24,29)(H,25,27). The number of carbonyl (C=O) groups is 1. The topological polar surface area (TPSA) is 84.1 Å². The molecule has 2 aromatic heterocycles. The van der Waals surface area contributed by atoms with Crippen LogP contribution >= 0.6 is 0 Å². The van der Waals surface area contributed by atoms with Crippen LogP contribution in [0.25, 0.3) is 11.1 Å². The SMILES string of the molecule is NC(=O)N(c1ccccc1)c1cc(-c2ccnc(Nc3ccccc3)c2)ccn1. The number of primary amides is 1. The van der Waals surface area contributed by atoms with Gasteiger partial charge in [-0.15, -0.1) is 0 Å². The second-order valence-corrected chi connectivity index (χ2v) is 6.33. The molecule has 0 aliphatic heterocycles. The Morgan fingerprint density at radius 1 is 0.793 bits per heavy atom. The van der Waals surface area contributed by atoms with E-state index >= 15 is 0 Å². The maximum absolute atomic E-state index is 12.1. The molecule has 4 rings (SSSR count). The molecule has 6 heteroatoms. The molecule has 6 nitrogen and oxygen atoms in total. The van der Waals surface area contributed by atoms with Crippen LogP contribution in [0.1, 0.15) is 0 Å². The number of nitrogens with one attached hydrogen (secondary N) is 1. The highest BCUT2D eigenvalue weighted by atomic mass is 16.2. The summed E-state index contributed by atoms with van der Waals surface area (Å²) >= 11 is 0. The Balaban J connectivity index is 1.67. The highest BCUT2D eigenvalue weighted by molar-refractivity contribution is 5.97. The highest BCUT2D eigenvalue weighted by Crippen LogP contribution is 2.28. The first-order chi connectivity index (χ1) is 14.2. The lowest BCUT2D eigenvalue weighted by molar-refractivity contribution is 0.256. The van der Waals surface area contributed by atoms with Gasteiger partial charge in [-0.25, -0.2) is 19.7 Å². The van der Waals surface area contributed by atoms with E-state index in [0.717, 1.165) is 22.6 Å². The lowest BCUT2D eigenvalue weighted by Gasteiger charge is -2.20. The van der Waals surface area contributed by atoms with Gasteiger partial charge in [0.1, 0.15) is 11.6 Å². The van der Waals surface area contributed by atoms with Gasteiger partial charge in [0.2, 0.25) is 0 Å². The van der Waals surface area contributed by atoms with E-state index in [2.05, 4.69) is 15.3 Å². The molecule has 0 saturated carbocycles. The van der Waals surface area contributed by atoms with E-state index in [-0.39, 0.29) is 0 Å². The fraction of sp³-hybridized carbons (Fsp3) is 0. The Hall–Kier alpha value is -4.19. The van der Waals surface area contributed by atoms with Crippen LogP contribution < -0.4 is 16.0 Å². The summed E-state index contributed by atoms with van der Waals surface area (Å²) in [7, 11) is 0. The van der Waals surface area contributed by atoms with Crippen molar-refractivity contribution < 1.29 is 4.79 Å². The summed E-state index contributed by atoms with van der Waals surface area (Å²) in [5, 5.41) is 3.28. The maximum atomic E-state index is 12.1. The summed E-state index contributed by atoms with van der Waals surface area (Å²) in [4.78, 5) is 22.2. The smallest absolute Gasteiger partial charge is 0.325 e. The molecule has 0 fully saturated rings. The molecule has 29 heavy (non-hydrogen) atoms. The van der Waals surface area contributed by atoms with Crippen molar-refractivity contribution >= 4 is 29.0 Å². The van der Waals surface area contributed by atoms with E-state index in [4.69, 9.17) is 5.73 Å². The van der Waals surface area contributed by atoms with Gasteiger partial charge in [0.05, 0.1) is 5.69 Å². The average molecular weight is 381 g/mol. The molecule has 0 aliphatic rings. The highest BCUT2D eigenvalue weighted by Gasteiger charge is 2.16. The van der Waals surface area contributed by atoms with Gasteiger partial charge in [-0.1, -0.05) is 36.4 Å². The maximum Gasteiger partial charge on any atom is 0.325 e. The van der Waals surface area contributed by atoms with Crippen LogP contribution in [0.15, 0.2) is 97.3 Å². The van der Waals surface area contributed by atoms with Gasteiger partial charge in [-0.3, -0.25) is 0 Å². The van der Waals surface area contributed by atoms with E-state index in [1.807, 2.05) is 84.9 Å². The second kappa shape index (κ2) is 8.22. The van der Waals surface area contributed by atoms with E-state index in [0.29, 0.717) is 11.5 Å². The van der Waals surface area contributed by atoms with Crippen molar-refractivity contribution in [3.63, 3.8) is 0 Å². The van der Waals surface area contributed by atoms with Gasteiger partial charge in [-0.05, 0) is 59.7 Å². The first-order valence-corrected chi connectivity index (χ1v) is 9.10. The number of hydrogen-bond acceptors (Lipinski definition) is 4. The minimum Gasteiger partial charge on any atom is -0.351 e. The van der Waals surface area contributed by atoms with Crippen LogP contribution in [0.2, 0.25) is 0 Å². The molecule has 0 atom stereocenters. The lowest BCUT2D eigenvalue weighted by Crippen LogP contribution is -2.32. The molecule has 0 unspecified atom stereocenters. The van der Waals surface area contributed by atoms with E-state index in [1.54, 1.807) is 12.4 Å². The number of urea groups is 1. The molecule has 2 aromatic carbocycles. The first-order valence-electron chi connectivity index (χ1n) is 9.10. The number of para-hydroxylation sites is 2. The molecule has 142 valence electrons. The largest absolute Gasteiger partial charge is 0.351 e. The van der Waals surface area contributed by atoms with Crippen molar-refractivity contribution in [3.05, 3.63) is 97.3 Å². The Bertz CT molecular complexity index is 1120. The Labute approximate surface area is 168 Å². The second-order valence-electron chi connectivity index (χ2n) is 6.33. The molecule has 2 heterocycles. The number of aromatic nitrogens is 2. The third-order valence-corrected chi connectivity index (χ3v) is 4.35. The third-order valence-electron chi connectivity index (χ3n) is 4.35. The lowest BCUT2D eigenvalue weighted by atomic mass is 10.1. The summed E-state index contributed by atoms with van der Waals surface area (Å²) in [5.74, 6) is 1.18. The van der Waals surface area contributed by atoms with Gasteiger partial charge in [0.15, 0.2) is 0 Å². The fourth-order valence-corrected chi connectivity index (χ4v) is 3.02. The molecule has 0 bridgehead atoms. The minimum absolute atomic E-state index is 0.454. The monoisotopic (exact) mass is 381 g/mol. The normalized spacial score (nSPS) is 10.3. The van der Waals surface area contributed by atoms with Crippen LogP contribution in [-0.4, -0.2) is 16.0 Å². The molecule has 0 saturated heterocycles. The van der Waals surface area contributed by atoms with Crippen molar-refractivity contribution in [2.24, 2.45) is 5.73 Å². The molecule has 2 amide bonds. The van der Waals surface area contributed by atoms with E-state index in [9.17, 15) is 4.79 Å². The number of pyridine rings is 2. The molecule has 4 aromatic rings. The van der Waals surface area contributed by atoms with E-state index < -0.39 is 6.03 Å². The van der Waals surface area contributed by atoms with Crippen molar-refractivity contribution in [2.75, 3.05) is 10.2 Å². The van der Waals surface area contributed by atoms with Crippen molar-refractivity contribution in [2.45, 2.75) is 0 Å². The number of amides is 2. The van der Waals surface area contributed by atoms with Crippen LogP contribution in [0.3, 0.4) is 0 Å². The molecule has 0 radical (unpaired) electrons. The summed E-state index contributed by atoms with van der Waals surface area (Å²) in [6, 6.07) is 26.0. The van der Waals surface area contributed by atoms with Crippen LogP contribution in [-0.2, 0) is 0 Å². The van der Waals surface area contributed by atoms with Gasteiger partial charge in [0, 0.05) is 18.1 Å². The summed E-state index contributed by atoms with van der Waals surface area (Å²) < 4.78 is 0. The average Bonchev–Trinajstić information content (AvgIpc) is 2.76. The predicted octanol–water partition coefficient (Wildman–Crippen LogP) is 5.10. The Morgan fingerprint density at radius 3 is 2.10 bits per heavy atom. The summed E-state index contributed by atoms with van der Waals surface area (Å²) in [5.41, 5.74) is 9.08. The van der Waals surface area contributed by atoms with Crippen molar-refractivity contribution in [3.8, 4) is 11.1 Å². The Morgan fingerprint density at radius 2 is 1.41 bits per heavy atom. The summed E-state index contributed by atoms with van der Waals surface area (Å²) in [6.07, 6.45) is 3.40. The van der Waals surface area contributed by atoms with Crippen molar-refractivity contribution in [1.29, 1.82) is 0 Å². The third kappa shape index (κ3) is 4.22. The number of anilines is 4. The minimum atomic E-state index is -0.595. The predicted molar refractivity (Wildman–Crippen MR) is 115 cm³/mol. The van der Waals surface area contributed by atoms with Gasteiger partial charge < -0.3 is 11.1 Å². The van der Waals surface area contributed by atoms with Gasteiger partial charge >= 0.3 is 6.03 Å². The zero-order valence-corrected chi connectivity index (χ0v) is 15.6. The Kier molecular flexibility index (Phi) is 5.16. The quantitative estimate of drug-likeness (QED) is 0.503. The number of rotatable bonds is 5. The molecule has 0 aliphatic carbocycles. The van der Waals surface area contributed by atoms with E-state index in [1.165, 1.54) is 4.90 Å². The molecular formula is C23H19N5O. The number of hydrogen-bond donors (Lipinski definition) is 2. The van der Waals surface area contributed by atoms with Crippen LogP contribution in [0.4, 0.5) is 27.8 Å². The van der Waals surface area contributed by atoms with Gasteiger partial charge in [-0.2, -0.15) is 0 Å². The number of benzene rings is 2. The zero-order valence-electron chi connectivity index (χ0n) is 15.6. The molecule has 0 spiro atoms. The number of carbonyl (C=O) groups excluding carboxylic acids is 1.